The SMILES string of the molecule is c1ccc(-c2ccccc2Nc2ncccc2-c2ccccc2)cc1. The molecule has 0 amide bonds. The van der Waals surface area contributed by atoms with Gasteiger partial charge >= 0.3 is 0 Å². The Balaban J connectivity index is 1.76. The summed E-state index contributed by atoms with van der Waals surface area (Å²) in [6, 6.07) is 33.1. The fourth-order valence-corrected chi connectivity index (χ4v) is 2.94. The van der Waals surface area contributed by atoms with Crippen molar-refractivity contribution in [2.45, 2.75) is 0 Å². The van der Waals surface area contributed by atoms with Crippen LogP contribution in [0.4, 0.5) is 11.5 Å². The van der Waals surface area contributed by atoms with E-state index in [0.29, 0.717) is 0 Å². The third kappa shape index (κ3) is 3.29. The molecule has 0 fully saturated rings. The van der Waals surface area contributed by atoms with E-state index in [1.165, 1.54) is 5.56 Å². The van der Waals surface area contributed by atoms with Gasteiger partial charge < -0.3 is 5.32 Å². The summed E-state index contributed by atoms with van der Waals surface area (Å²) in [5.74, 6) is 0.858. The van der Waals surface area contributed by atoms with Gasteiger partial charge in [-0.1, -0.05) is 78.9 Å². The Bertz CT molecular complexity index is 882. The fraction of sp³-hybridized carbons (Fsp3) is 0. The van der Waals surface area contributed by atoms with Crippen LogP contribution in [0.1, 0.15) is 0 Å². The van der Waals surface area contributed by atoms with Gasteiger partial charge in [-0.15, -0.1) is 0 Å². The average Bonchev–Trinajstić information content (AvgIpc) is 2.70. The molecule has 0 unspecified atom stereocenters. The highest BCUT2D eigenvalue weighted by molar-refractivity contribution is 5.84. The molecule has 25 heavy (non-hydrogen) atoms. The first-order valence-electron chi connectivity index (χ1n) is 8.34. The van der Waals surface area contributed by atoms with Crippen molar-refractivity contribution in [3.05, 3.63) is 103 Å². The lowest BCUT2D eigenvalue weighted by Gasteiger charge is -2.14. The number of nitrogens with one attached hydrogen (secondary N) is 1. The standard InChI is InChI=1S/C23H18N2/c1-3-10-18(11-4-1)20-14-7-8-16-22(20)25-23-21(15-9-17-24-23)19-12-5-2-6-13-19/h1-17H,(H,24,25). The van der Waals surface area contributed by atoms with Gasteiger partial charge in [0.25, 0.3) is 0 Å². The minimum Gasteiger partial charge on any atom is -0.339 e. The Morgan fingerprint density at radius 1 is 0.520 bits per heavy atom. The number of pyridine rings is 1. The second-order valence-electron chi connectivity index (χ2n) is 5.80. The monoisotopic (exact) mass is 322 g/mol. The fourth-order valence-electron chi connectivity index (χ4n) is 2.94. The number of anilines is 2. The van der Waals surface area contributed by atoms with Crippen LogP contribution < -0.4 is 5.32 Å². The molecule has 1 N–H and O–H groups in total. The lowest BCUT2D eigenvalue weighted by molar-refractivity contribution is 1.31. The maximum Gasteiger partial charge on any atom is 0.138 e. The first-order valence-corrected chi connectivity index (χ1v) is 8.34. The maximum atomic E-state index is 4.57. The summed E-state index contributed by atoms with van der Waals surface area (Å²) in [7, 11) is 0. The molecule has 4 aromatic rings. The van der Waals surface area contributed by atoms with Gasteiger partial charge in [-0.3, -0.25) is 0 Å². The molecule has 2 heteroatoms. The van der Waals surface area contributed by atoms with Gasteiger partial charge in [0.05, 0.1) is 0 Å². The van der Waals surface area contributed by atoms with E-state index in [2.05, 4.69) is 71.0 Å². The molecule has 0 atom stereocenters. The van der Waals surface area contributed by atoms with Crippen LogP contribution >= 0.6 is 0 Å². The molecule has 1 aromatic heterocycles. The van der Waals surface area contributed by atoms with Crippen molar-refractivity contribution >= 4 is 11.5 Å². The summed E-state index contributed by atoms with van der Waals surface area (Å²) in [6.07, 6.45) is 1.82. The maximum absolute atomic E-state index is 4.57. The first-order chi connectivity index (χ1) is 12.4. The molecule has 0 saturated heterocycles. The zero-order valence-corrected chi connectivity index (χ0v) is 13.8. The zero-order valence-electron chi connectivity index (χ0n) is 13.8. The number of aromatic nitrogens is 1. The molecular weight excluding hydrogens is 304 g/mol. The van der Waals surface area contributed by atoms with E-state index in [1.54, 1.807) is 0 Å². The summed E-state index contributed by atoms with van der Waals surface area (Å²) in [5.41, 5.74) is 5.63. The predicted molar refractivity (Wildman–Crippen MR) is 105 cm³/mol. The van der Waals surface area contributed by atoms with Crippen LogP contribution in [0, 0.1) is 0 Å². The van der Waals surface area contributed by atoms with Gasteiger partial charge in [0.2, 0.25) is 0 Å². The van der Waals surface area contributed by atoms with Gasteiger partial charge in [0.15, 0.2) is 0 Å². The molecule has 0 aliphatic carbocycles. The Kier molecular flexibility index (Phi) is 4.25. The number of rotatable bonds is 4. The lowest BCUT2D eigenvalue weighted by atomic mass is 10.0. The molecule has 0 aliphatic rings. The third-order valence-electron chi connectivity index (χ3n) is 4.16. The van der Waals surface area contributed by atoms with Crippen LogP contribution in [0.3, 0.4) is 0 Å². The molecule has 4 rings (SSSR count). The van der Waals surface area contributed by atoms with E-state index in [4.69, 9.17) is 0 Å². The molecule has 1 heterocycles. The first kappa shape index (κ1) is 15.2. The number of para-hydroxylation sites is 1. The minimum absolute atomic E-state index is 0.858. The van der Waals surface area contributed by atoms with Crippen molar-refractivity contribution in [1.82, 2.24) is 4.98 Å². The number of hydrogen-bond donors (Lipinski definition) is 1. The van der Waals surface area contributed by atoms with Crippen LogP contribution in [0.5, 0.6) is 0 Å². The predicted octanol–water partition coefficient (Wildman–Crippen LogP) is 6.16. The quantitative estimate of drug-likeness (QED) is 0.487. The van der Waals surface area contributed by atoms with E-state index in [-0.39, 0.29) is 0 Å². The van der Waals surface area contributed by atoms with Crippen molar-refractivity contribution in [1.29, 1.82) is 0 Å². The van der Waals surface area contributed by atoms with E-state index in [0.717, 1.165) is 28.2 Å². The molecule has 120 valence electrons. The van der Waals surface area contributed by atoms with Crippen LogP contribution in [-0.4, -0.2) is 4.98 Å². The topological polar surface area (TPSA) is 24.9 Å². The van der Waals surface area contributed by atoms with Crippen molar-refractivity contribution in [2.24, 2.45) is 0 Å². The smallest absolute Gasteiger partial charge is 0.138 e. The summed E-state index contributed by atoms with van der Waals surface area (Å²) >= 11 is 0. The molecule has 2 nitrogen and oxygen atoms in total. The number of benzene rings is 3. The Labute approximate surface area is 147 Å². The lowest BCUT2D eigenvalue weighted by Crippen LogP contribution is -1.98. The largest absolute Gasteiger partial charge is 0.339 e. The van der Waals surface area contributed by atoms with Crippen LogP contribution in [0.15, 0.2) is 103 Å². The summed E-state index contributed by atoms with van der Waals surface area (Å²) in [6.45, 7) is 0. The highest BCUT2D eigenvalue weighted by Crippen LogP contribution is 2.33. The van der Waals surface area contributed by atoms with Crippen molar-refractivity contribution in [3.8, 4) is 22.3 Å². The highest BCUT2D eigenvalue weighted by atomic mass is 15.0. The molecule has 3 aromatic carbocycles. The molecule has 0 radical (unpaired) electrons. The normalized spacial score (nSPS) is 10.4. The van der Waals surface area contributed by atoms with E-state index in [1.807, 2.05) is 42.6 Å². The van der Waals surface area contributed by atoms with Crippen molar-refractivity contribution in [3.63, 3.8) is 0 Å². The molecule has 0 saturated carbocycles. The van der Waals surface area contributed by atoms with Gasteiger partial charge in [0.1, 0.15) is 5.82 Å². The number of hydrogen-bond acceptors (Lipinski definition) is 2. The Hall–Kier alpha value is -3.39. The zero-order chi connectivity index (χ0) is 16.9. The van der Waals surface area contributed by atoms with Crippen LogP contribution in [0.25, 0.3) is 22.3 Å². The average molecular weight is 322 g/mol. The van der Waals surface area contributed by atoms with Gasteiger partial charge in [-0.2, -0.15) is 0 Å². The van der Waals surface area contributed by atoms with E-state index in [9.17, 15) is 0 Å². The molecule has 0 bridgehead atoms. The molecule has 0 spiro atoms. The third-order valence-corrected chi connectivity index (χ3v) is 4.16. The summed E-state index contributed by atoms with van der Waals surface area (Å²) < 4.78 is 0. The summed E-state index contributed by atoms with van der Waals surface area (Å²) in [5, 5.41) is 3.53. The van der Waals surface area contributed by atoms with Gasteiger partial charge in [-0.05, 0) is 29.3 Å². The second kappa shape index (κ2) is 7.02. The van der Waals surface area contributed by atoms with Crippen molar-refractivity contribution < 1.29 is 0 Å². The van der Waals surface area contributed by atoms with Gasteiger partial charge in [0, 0.05) is 23.0 Å². The Morgan fingerprint density at radius 3 is 1.80 bits per heavy atom. The van der Waals surface area contributed by atoms with Crippen molar-refractivity contribution in [2.75, 3.05) is 5.32 Å². The molecular formula is C23H18N2. The Morgan fingerprint density at radius 2 is 1.08 bits per heavy atom. The van der Waals surface area contributed by atoms with E-state index >= 15 is 0 Å². The highest BCUT2D eigenvalue weighted by Gasteiger charge is 2.09. The van der Waals surface area contributed by atoms with Crippen LogP contribution in [-0.2, 0) is 0 Å². The molecule has 0 aliphatic heterocycles. The number of nitrogens with zero attached hydrogens (tertiary/aromatic N) is 1. The summed E-state index contributed by atoms with van der Waals surface area (Å²) in [4.78, 5) is 4.57. The van der Waals surface area contributed by atoms with Crippen LogP contribution in [0.2, 0.25) is 0 Å². The van der Waals surface area contributed by atoms with Gasteiger partial charge in [-0.25, -0.2) is 4.98 Å². The van der Waals surface area contributed by atoms with E-state index < -0.39 is 0 Å². The second-order valence-corrected chi connectivity index (χ2v) is 5.80. The minimum atomic E-state index is 0.858.